The molecule has 0 aliphatic carbocycles. The largest absolute Gasteiger partial charge is 0.409 e. The van der Waals surface area contributed by atoms with Crippen molar-refractivity contribution < 1.29 is 18.4 Å². The van der Waals surface area contributed by atoms with Crippen LogP contribution in [-0.4, -0.2) is 23.3 Å². The molecule has 0 spiro atoms. The highest BCUT2D eigenvalue weighted by Gasteiger charge is 2.29. The van der Waals surface area contributed by atoms with E-state index in [1.54, 1.807) is 12.1 Å². The van der Waals surface area contributed by atoms with Crippen LogP contribution in [0.3, 0.4) is 0 Å². The zero-order valence-corrected chi connectivity index (χ0v) is 11.5. The molecular weight excluding hydrogens is 295 g/mol. The first-order valence-electron chi connectivity index (χ1n) is 5.79. The minimum Gasteiger partial charge on any atom is -0.409 e. The highest BCUT2D eigenvalue weighted by molar-refractivity contribution is 6.31. The van der Waals surface area contributed by atoms with Gasteiger partial charge in [0, 0.05) is 23.2 Å². The lowest BCUT2D eigenvalue weighted by Crippen LogP contribution is -2.30. The van der Waals surface area contributed by atoms with Crippen LogP contribution in [0, 0.1) is 0 Å². The fraction of sp³-hybridized carbons (Fsp3) is 0.417. The molecule has 20 heavy (non-hydrogen) atoms. The molecule has 0 amide bonds. The molecule has 0 radical (unpaired) electrons. The van der Waals surface area contributed by atoms with Gasteiger partial charge in [0.15, 0.2) is 5.84 Å². The maximum atomic E-state index is 12.2. The molecule has 8 heteroatoms. The third-order valence-electron chi connectivity index (χ3n) is 2.64. The lowest BCUT2D eigenvalue weighted by Gasteiger charge is -2.16. The average Bonchev–Trinajstić information content (AvgIpc) is 2.34. The van der Waals surface area contributed by atoms with E-state index in [-0.39, 0.29) is 12.4 Å². The number of nitrogens with zero attached hydrogens (tertiary/aromatic N) is 1. The van der Waals surface area contributed by atoms with Crippen molar-refractivity contribution >= 4 is 17.4 Å². The molecule has 0 saturated carbocycles. The molecular formula is C12H15ClF3N3O. The number of oxime groups is 1. The standard InChI is InChI=1S/C12H15ClF3N3O/c1-7(5-12(14,15)16)18-6-9-3-2-8(4-10(9)13)11(17)19-20/h2-4,7,18,20H,5-6H2,1H3,(H2,17,19). The first-order chi connectivity index (χ1) is 9.23. The van der Waals surface area contributed by atoms with Gasteiger partial charge in [0.05, 0.1) is 6.42 Å². The lowest BCUT2D eigenvalue weighted by molar-refractivity contribution is -0.139. The summed E-state index contributed by atoms with van der Waals surface area (Å²) in [5, 5.41) is 14.5. The molecule has 1 aromatic carbocycles. The Bertz CT molecular complexity index is 491. The van der Waals surface area contributed by atoms with Gasteiger partial charge in [0.25, 0.3) is 0 Å². The van der Waals surface area contributed by atoms with Crippen molar-refractivity contribution in [3.8, 4) is 0 Å². The predicted octanol–water partition coefficient (Wildman–Crippen LogP) is 2.87. The Morgan fingerprint density at radius 1 is 1.50 bits per heavy atom. The van der Waals surface area contributed by atoms with E-state index in [4.69, 9.17) is 22.5 Å². The van der Waals surface area contributed by atoms with E-state index in [1.165, 1.54) is 13.0 Å². The van der Waals surface area contributed by atoms with E-state index >= 15 is 0 Å². The van der Waals surface area contributed by atoms with Crippen LogP contribution in [0.1, 0.15) is 24.5 Å². The van der Waals surface area contributed by atoms with Gasteiger partial charge in [-0.05, 0) is 18.6 Å². The van der Waals surface area contributed by atoms with E-state index in [0.29, 0.717) is 16.1 Å². The van der Waals surface area contributed by atoms with E-state index in [1.807, 2.05) is 0 Å². The van der Waals surface area contributed by atoms with Crippen molar-refractivity contribution in [3.05, 3.63) is 34.3 Å². The summed E-state index contributed by atoms with van der Waals surface area (Å²) in [6, 6.07) is 3.96. The SMILES string of the molecule is CC(CC(F)(F)F)NCc1ccc(/C(N)=N/O)cc1Cl. The van der Waals surface area contributed by atoms with Gasteiger partial charge in [-0.15, -0.1) is 0 Å². The van der Waals surface area contributed by atoms with Crippen LogP contribution in [0.4, 0.5) is 13.2 Å². The Hall–Kier alpha value is -1.47. The van der Waals surface area contributed by atoms with Gasteiger partial charge in [0.2, 0.25) is 0 Å². The maximum absolute atomic E-state index is 12.2. The molecule has 1 unspecified atom stereocenters. The zero-order valence-electron chi connectivity index (χ0n) is 10.7. The summed E-state index contributed by atoms with van der Waals surface area (Å²) in [5.74, 6) is -0.0863. The van der Waals surface area contributed by atoms with Gasteiger partial charge in [-0.25, -0.2) is 0 Å². The topological polar surface area (TPSA) is 70.6 Å². The zero-order chi connectivity index (χ0) is 15.3. The first kappa shape index (κ1) is 16.6. The molecule has 0 aliphatic heterocycles. The van der Waals surface area contributed by atoms with Crippen LogP contribution in [0.25, 0.3) is 0 Å². The predicted molar refractivity (Wildman–Crippen MR) is 70.9 cm³/mol. The van der Waals surface area contributed by atoms with Crippen LogP contribution in [0.2, 0.25) is 5.02 Å². The second-order valence-electron chi connectivity index (χ2n) is 4.39. The number of rotatable bonds is 5. The molecule has 1 rings (SSSR count). The smallest absolute Gasteiger partial charge is 0.390 e. The monoisotopic (exact) mass is 309 g/mol. The fourth-order valence-electron chi connectivity index (χ4n) is 1.61. The number of hydrogen-bond donors (Lipinski definition) is 3. The van der Waals surface area contributed by atoms with E-state index in [2.05, 4.69) is 10.5 Å². The summed E-state index contributed by atoms with van der Waals surface area (Å²) in [4.78, 5) is 0. The lowest BCUT2D eigenvalue weighted by atomic mass is 10.1. The van der Waals surface area contributed by atoms with Crippen LogP contribution >= 0.6 is 11.6 Å². The fourth-order valence-corrected chi connectivity index (χ4v) is 1.86. The summed E-state index contributed by atoms with van der Waals surface area (Å²) >= 11 is 5.99. The molecule has 0 fully saturated rings. The Morgan fingerprint density at radius 3 is 2.65 bits per heavy atom. The molecule has 0 saturated heterocycles. The third kappa shape index (κ3) is 5.26. The second kappa shape index (κ2) is 6.81. The summed E-state index contributed by atoms with van der Waals surface area (Å²) < 4.78 is 36.5. The van der Waals surface area contributed by atoms with Gasteiger partial charge >= 0.3 is 6.18 Å². The highest BCUT2D eigenvalue weighted by Crippen LogP contribution is 2.22. The number of alkyl halides is 3. The molecule has 1 aromatic rings. The van der Waals surface area contributed by atoms with Crippen molar-refractivity contribution in [2.75, 3.05) is 0 Å². The maximum Gasteiger partial charge on any atom is 0.390 e. The summed E-state index contributed by atoms with van der Waals surface area (Å²) in [6.45, 7) is 1.65. The van der Waals surface area contributed by atoms with E-state index < -0.39 is 18.6 Å². The quantitative estimate of drug-likeness (QED) is 0.339. The Balaban J connectivity index is 2.66. The van der Waals surface area contributed by atoms with Crippen molar-refractivity contribution in [1.82, 2.24) is 5.32 Å². The Kier molecular flexibility index (Phi) is 5.64. The minimum absolute atomic E-state index is 0.0863. The number of nitrogens with two attached hydrogens (primary N) is 1. The summed E-state index contributed by atoms with van der Waals surface area (Å²) in [6.07, 6.45) is -5.11. The minimum atomic E-state index is -4.20. The normalized spacial score (nSPS) is 14.3. The van der Waals surface area contributed by atoms with Crippen molar-refractivity contribution in [3.63, 3.8) is 0 Å². The molecule has 0 aliphatic rings. The molecule has 112 valence electrons. The van der Waals surface area contributed by atoms with Crippen LogP contribution in [0.15, 0.2) is 23.4 Å². The highest BCUT2D eigenvalue weighted by atomic mass is 35.5. The molecule has 4 N–H and O–H groups in total. The number of nitrogens with one attached hydrogen (secondary N) is 1. The van der Waals surface area contributed by atoms with Gasteiger partial charge in [-0.2, -0.15) is 13.2 Å². The van der Waals surface area contributed by atoms with Crippen LogP contribution in [0.5, 0.6) is 0 Å². The number of hydrogen-bond acceptors (Lipinski definition) is 3. The number of amidine groups is 1. The van der Waals surface area contributed by atoms with Gasteiger partial charge in [0.1, 0.15) is 0 Å². The first-order valence-corrected chi connectivity index (χ1v) is 6.17. The summed E-state index contributed by atoms with van der Waals surface area (Å²) in [5.41, 5.74) is 6.47. The Labute approximate surface area is 119 Å². The second-order valence-corrected chi connectivity index (χ2v) is 4.80. The summed E-state index contributed by atoms with van der Waals surface area (Å²) in [7, 11) is 0. The van der Waals surface area contributed by atoms with E-state index in [0.717, 1.165) is 0 Å². The molecule has 0 heterocycles. The van der Waals surface area contributed by atoms with E-state index in [9.17, 15) is 13.2 Å². The average molecular weight is 310 g/mol. The molecule has 1 atom stereocenters. The third-order valence-corrected chi connectivity index (χ3v) is 2.99. The van der Waals surface area contributed by atoms with Gasteiger partial charge in [-0.3, -0.25) is 0 Å². The molecule has 4 nitrogen and oxygen atoms in total. The van der Waals surface area contributed by atoms with Crippen molar-refractivity contribution in [2.45, 2.75) is 32.1 Å². The van der Waals surface area contributed by atoms with Gasteiger partial charge < -0.3 is 16.3 Å². The number of halogens is 4. The van der Waals surface area contributed by atoms with Gasteiger partial charge in [-0.1, -0.05) is 28.9 Å². The van der Waals surface area contributed by atoms with Crippen molar-refractivity contribution in [1.29, 1.82) is 0 Å². The Morgan fingerprint density at radius 2 is 2.15 bits per heavy atom. The van der Waals surface area contributed by atoms with Crippen LogP contribution < -0.4 is 11.1 Å². The molecule has 0 aromatic heterocycles. The van der Waals surface area contributed by atoms with Crippen molar-refractivity contribution in [2.24, 2.45) is 10.9 Å². The number of benzene rings is 1. The molecule has 0 bridgehead atoms. The van der Waals surface area contributed by atoms with Crippen LogP contribution in [-0.2, 0) is 6.54 Å².